The fraction of sp³-hybridized carbons (Fsp3) is 0.833. The second-order valence-corrected chi connectivity index (χ2v) is 4.86. The first-order valence-corrected chi connectivity index (χ1v) is 6.40. The van der Waals surface area contributed by atoms with Gasteiger partial charge in [-0.25, -0.2) is 0 Å². The van der Waals surface area contributed by atoms with Gasteiger partial charge in [-0.15, -0.1) is 10.2 Å². The van der Waals surface area contributed by atoms with Gasteiger partial charge in [0.05, 0.1) is 5.54 Å². The summed E-state index contributed by atoms with van der Waals surface area (Å²) in [6.45, 7) is 4.24. The van der Waals surface area contributed by atoms with Crippen molar-refractivity contribution < 1.29 is 0 Å². The minimum atomic E-state index is -0.306. The van der Waals surface area contributed by atoms with Gasteiger partial charge in [0.1, 0.15) is 6.33 Å². The highest BCUT2D eigenvalue weighted by atomic mass is 15.3. The van der Waals surface area contributed by atoms with Crippen LogP contribution in [0.2, 0.25) is 0 Å². The van der Waals surface area contributed by atoms with Crippen LogP contribution in [0.4, 0.5) is 0 Å². The van der Waals surface area contributed by atoms with Gasteiger partial charge in [-0.05, 0) is 25.7 Å². The summed E-state index contributed by atoms with van der Waals surface area (Å²) in [6, 6.07) is 0.575. The van der Waals surface area contributed by atoms with Crippen LogP contribution in [0.15, 0.2) is 6.33 Å². The molecule has 0 unspecified atom stereocenters. The lowest BCUT2D eigenvalue weighted by atomic mass is 9.93. The fourth-order valence-corrected chi connectivity index (χ4v) is 2.62. The smallest absolute Gasteiger partial charge is 0.153 e. The van der Waals surface area contributed by atoms with Gasteiger partial charge < -0.3 is 10.3 Å². The van der Waals surface area contributed by atoms with Crippen molar-refractivity contribution in [2.45, 2.75) is 64.0 Å². The van der Waals surface area contributed by atoms with E-state index >= 15 is 0 Å². The Labute approximate surface area is 97.2 Å². The van der Waals surface area contributed by atoms with Crippen molar-refractivity contribution in [1.82, 2.24) is 14.8 Å². The Kier molecular flexibility index (Phi) is 3.28. The Hall–Kier alpha value is -0.900. The van der Waals surface area contributed by atoms with Gasteiger partial charge in [0.25, 0.3) is 0 Å². The highest BCUT2D eigenvalue weighted by Crippen LogP contribution is 2.33. The van der Waals surface area contributed by atoms with E-state index in [4.69, 9.17) is 5.73 Å². The Bertz CT molecular complexity index is 335. The molecule has 1 aromatic rings. The average Bonchev–Trinajstić information content (AvgIpc) is 2.97. The molecule has 2 N–H and O–H groups in total. The minimum absolute atomic E-state index is 0.306. The first-order valence-electron chi connectivity index (χ1n) is 6.40. The molecule has 0 atom stereocenters. The molecular formula is C12H22N4. The standard InChI is InChI=1S/C12H22N4/c1-3-12(13,4-2)11-15-14-9-16(11)10-7-5-6-8-10/h9-10H,3-8,13H2,1-2H3. The molecule has 1 aliphatic rings. The van der Waals surface area contributed by atoms with Crippen molar-refractivity contribution in [2.24, 2.45) is 5.73 Å². The van der Waals surface area contributed by atoms with Gasteiger partial charge in [0, 0.05) is 6.04 Å². The predicted octanol–water partition coefficient (Wildman–Crippen LogP) is 2.37. The van der Waals surface area contributed by atoms with E-state index in [2.05, 4.69) is 28.6 Å². The summed E-state index contributed by atoms with van der Waals surface area (Å²) in [7, 11) is 0. The first-order chi connectivity index (χ1) is 7.71. The first kappa shape index (κ1) is 11.6. The van der Waals surface area contributed by atoms with E-state index in [1.807, 2.05) is 6.33 Å². The van der Waals surface area contributed by atoms with Crippen molar-refractivity contribution in [3.63, 3.8) is 0 Å². The van der Waals surface area contributed by atoms with E-state index in [0.717, 1.165) is 18.7 Å². The number of hydrogen-bond acceptors (Lipinski definition) is 3. The highest BCUT2D eigenvalue weighted by molar-refractivity contribution is 5.06. The summed E-state index contributed by atoms with van der Waals surface area (Å²) in [6.07, 6.45) is 8.81. The van der Waals surface area contributed by atoms with Gasteiger partial charge in [-0.3, -0.25) is 0 Å². The molecule has 1 heterocycles. The van der Waals surface area contributed by atoms with Gasteiger partial charge in [0.15, 0.2) is 5.82 Å². The number of rotatable bonds is 4. The second-order valence-electron chi connectivity index (χ2n) is 4.86. The van der Waals surface area contributed by atoms with Gasteiger partial charge >= 0.3 is 0 Å². The molecule has 1 saturated carbocycles. The molecule has 0 spiro atoms. The maximum atomic E-state index is 6.41. The molecule has 1 fully saturated rings. The highest BCUT2D eigenvalue weighted by Gasteiger charge is 2.31. The SMILES string of the molecule is CCC(N)(CC)c1nncn1C1CCCC1. The molecular weight excluding hydrogens is 200 g/mol. The Balaban J connectivity index is 2.30. The normalized spacial score (nSPS) is 18.2. The number of hydrogen-bond donors (Lipinski definition) is 1. The van der Waals surface area contributed by atoms with Gasteiger partial charge in [-0.2, -0.15) is 0 Å². The van der Waals surface area contributed by atoms with Crippen molar-refractivity contribution in [3.05, 3.63) is 12.2 Å². The summed E-state index contributed by atoms with van der Waals surface area (Å²) in [5.41, 5.74) is 6.10. The lowest BCUT2D eigenvalue weighted by Crippen LogP contribution is -2.38. The van der Waals surface area contributed by atoms with Crippen LogP contribution >= 0.6 is 0 Å². The van der Waals surface area contributed by atoms with Crippen LogP contribution in [0.5, 0.6) is 0 Å². The summed E-state index contributed by atoms with van der Waals surface area (Å²) < 4.78 is 2.22. The Morgan fingerprint density at radius 3 is 2.56 bits per heavy atom. The largest absolute Gasteiger partial charge is 0.319 e. The summed E-state index contributed by atoms with van der Waals surface area (Å²) in [5.74, 6) is 0.976. The molecule has 2 rings (SSSR count). The third-order valence-corrected chi connectivity index (χ3v) is 4.00. The molecule has 0 radical (unpaired) electrons. The zero-order valence-corrected chi connectivity index (χ0v) is 10.3. The number of nitrogens with two attached hydrogens (primary N) is 1. The lowest BCUT2D eigenvalue weighted by molar-refractivity contribution is 0.349. The zero-order valence-electron chi connectivity index (χ0n) is 10.3. The summed E-state index contributed by atoms with van der Waals surface area (Å²) in [5, 5.41) is 8.32. The third-order valence-electron chi connectivity index (χ3n) is 4.00. The van der Waals surface area contributed by atoms with Crippen LogP contribution < -0.4 is 5.73 Å². The third kappa shape index (κ3) is 1.86. The van der Waals surface area contributed by atoms with Crippen molar-refractivity contribution >= 4 is 0 Å². The monoisotopic (exact) mass is 222 g/mol. The number of nitrogens with zero attached hydrogens (tertiary/aromatic N) is 3. The van der Waals surface area contributed by atoms with Crippen molar-refractivity contribution in [2.75, 3.05) is 0 Å². The van der Waals surface area contributed by atoms with Crippen LogP contribution in [0, 0.1) is 0 Å². The molecule has 90 valence electrons. The van der Waals surface area contributed by atoms with E-state index in [-0.39, 0.29) is 5.54 Å². The molecule has 0 amide bonds. The predicted molar refractivity (Wildman–Crippen MR) is 64.0 cm³/mol. The van der Waals surface area contributed by atoms with Crippen LogP contribution in [0.3, 0.4) is 0 Å². The van der Waals surface area contributed by atoms with E-state index in [0.29, 0.717) is 6.04 Å². The van der Waals surface area contributed by atoms with E-state index in [1.165, 1.54) is 25.7 Å². The van der Waals surface area contributed by atoms with Gasteiger partial charge in [-0.1, -0.05) is 26.7 Å². The molecule has 0 bridgehead atoms. The average molecular weight is 222 g/mol. The molecule has 1 aromatic heterocycles. The summed E-state index contributed by atoms with van der Waals surface area (Å²) in [4.78, 5) is 0. The quantitative estimate of drug-likeness (QED) is 0.851. The molecule has 4 heteroatoms. The van der Waals surface area contributed by atoms with Gasteiger partial charge in [0.2, 0.25) is 0 Å². The van der Waals surface area contributed by atoms with E-state index in [1.54, 1.807) is 0 Å². The maximum Gasteiger partial charge on any atom is 0.153 e. The summed E-state index contributed by atoms with van der Waals surface area (Å²) >= 11 is 0. The lowest BCUT2D eigenvalue weighted by Gasteiger charge is -2.27. The Morgan fingerprint density at radius 1 is 1.38 bits per heavy atom. The van der Waals surface area contributed by atoms with Crippen LogP contribution in [0.25, 0.3) is 0 Å². The van der Waals surface area contributed by atoms with Crippen molar-refractivity contribution in [3.8, 4) is 0 Å². The van der Waals surface area contributed by atoms with Crippen LogP contribution in [-0.4, -0.2) is 14.8 Å². The second kappa shape index (κ2) is 4.53. The van der Waals surface area contributed by atoms with E-state index < -0.39 is 0 Å². The number of aromatic nitrogens is 3. The zero-order chi connectivity index (χ0) is 11.6. The fourth-order valence-electron chi connectivity index (χ4n) is 2.62. The molecule has 0 aliphatic heterocycles. The molecule has 1 aliphatic carbocycles. The minimum Gasteiger partial charge on any atom is -0.319 e. The molecule has 16 heavy (non-hydrogen) atoms. The van der Waals surface area contributed by atoms with E-state index in [9.17, 15) is 0 Å². The van der Waals surface area contributed by atoms with Crippen molar-refractivity contribution in [1.29, 1.82) is 0 Å². The maximum absolute atomic E-state index is 6.41. The molecule has 4 nitrogen and oxygen atoms in total. The van der Waals surface area contributed by atoms with Crippen LogP contribution in [-0.2, 0) is 5.54 Å². The molecule has 0 aromatic carbocycles. The Morgan fingerprint density at radius 2 is 2.00 bits per heavy atom. The molecule has 0 saturated heterocycles. The topological polar surface area (TPSA) is 56.7 Å². The van der Waals surface area contributed by atoms with Crippen LogP contribution in [0.1, 0.15) is 64.2 Å².